The molecule has 1 aromatic heterocycles. The van der Waals surface area contributed by atoms with Gasteiger partial charge in [-0.15, -0.1) is 11.3 Å². The SMILES string of the molecule is Cc1ccc(N2CCN(C(=O)c3cc4c(s3)-c3ccccc3S(=O)(=O)C4)CC2)cc1. The summed E-state index contributed by atoms with van der Waals surface area (Å²) in [6.07, 6.45) is 0. The van der Waals surface area contributed by atoms with Crippen LogP contribution in [-0.2, 0) is 15.6 Å². The van der Waals surface area contributed by atoms with Gasteiger partial charge in [0.25, 0.3) is 5.91 Å². The molecular formula is C23H22N2O3S2. The number of nitrogens with zero attached hydrogens (tertiary/aromatic N) is 2. The monoisotopic (exact) mass is 438 g/mol. The van der Waals surface area contributed by atoms with Crippen molar-refractivity contribution in [3.63, 3.8) is 0 Å². The zero-order valence-corrected chi connectivity index (χ0v) is 18.3. The quantitative estimate of drug-likeness (QED) is 0.607. The lowest BCUT2D eigenvalue weighted by atomic mass is 10.1. The highest BCUT2D eigenvalue weighted by atomic mass is 32.2. The summed E-state index contributed by atoms with van der Waals surface area (Å²) < 4.78 is 25.2. The molecule has 0 unspecified atom stereocenters. The number of anilines is 1. The minimum atomic E-state index is -3.36. The van der Waals surface area contributed by atoms with Crippen molar-refractivity contribution in [1.82, 2.24) is 4.90 Å². The summed E-state index contributed by atoms with van der Waals surface area (Å²) in [6, 6.07) is 17.3. The third-order valence-electron chi connectivity index (χ3n) is 5.80. The zero-order valence-electron chi connectivity index (χ0n) is 16.7. The average molecular weight is 439 g/mol. The van der Waals surface area contributed by atoms with Crippen LogP contribution in [-0.4, -0.2) is 45.4 Å². The molecule has 3 heterocycles. The molecule has 0 spiro atoms. The summed E-state index contributed by atoms with van der Waals surface area (Å²) >= 11 is 1.41. The lowest BCUT2D eigenvalue weighted by molar-refractivity contribution is 0.0751. The van der Waals surface area contributed by atoms with Crippen molar-refractivity contribution in [2.24, 2.45) is 0 Å². The molecule has 0 saturated carbocycles. The van der Waals surface area contributed by atoms with E-state index in [-0.39, 0.29) is 11.7 Å². The molecule has 2 aliphatic heterocycles. The molecule has 30 heavy (non-hydrogen) atoms. The number of carbonyl (C=O) groups is 1. The number of sulfone groups is 1. The molecule has 1 saturated heterocycles. The molecule has 2 aliphatic rings. The van der Waals surface area contributed by atoms with Crippen LogP contribution in [0, 0.1) is 6.92 Å². The Bertz CT molecular complexity index is 1220. The molecule has 154 valence electrons. The number of rotatable bonds is 2. The van der Waals surface area contributed by atoms with Gasteiger partial charge < -0.3 is 9.80 Å². The maximum Gasteiger partial charge on any atom is 0.264 e. The summed E-state index contributed by atoms with van der Waals surface area (Å²) in [6.45, 7) is 4.97. The van der Waals surface area contributed by atoms with Crippen LogP contribution in [0.4, 0.5) is 5.69 Å². The molecule has 0 N–H and O–H groups in total. The maximum atomic E-state index is 13.1. The van der Waals surface area contributed by atoms with Gasteiger partial charge in [0.15, 0.2) is 9.84 Å². The van der Waals surface area contributed by atoms with E-state index in [1.54, 1.807) is 18.2 Å². The highest BCUT2D eigenvalue weighted by Gasteiger charge is 2.32. The van der Waals surface area contributed by atoms with Crippen molar-refractivity contribution in [2.75, 3.05) is 31.1 Å². The standard InChI is InChI=1S/C23H22N2O3S2/c1-16-6-8-18(9-7-16)24-10-12-25(13-11-24)23(26)20-14-17-15-30(27,28)21-5-3-2-4-19(21)22(17)29-20/h2-9,14H,10-13,15H2,1H3. The first-order valence-electron chi connectivity index (χ1n) is 9.98. The fraction of sp³-hybridized carbons (Fsp3) is 0.261. The van der Waals surface area contributed by atoms with Gasteiger partial charge in [-0.3, -0.25) is 4.79 Å². The molecule has 2 aromatic carbocycles. The molecule has 0 atom stereocenters. The summed E-state index contributed by atoms with van der Waals surface area (Å²) in [5.74, 6) is -0.0440. The fourth-order valence-corrected chi connectivity index (χ4v) is 7.08. The van der Waals surface area contributed by atoms with Crippen LogP contribution in [0.5, 0.6) is 0 Å². The second kappa shape index (κ2) is 7.25. The van der Waals surface area contributed by atoms with Crippen molar-refractivity contribution in [3.05, 3.63) is 70.6 Å². The number of fused-ring (bicyclic) bond motifs is 3. The molecular weight excluding hydrogens is 416 g/mol. The molecule has 0 radical (unpaired) electrons. The second-order valence-electron chi connectivity index (χ2n) is 7.84. The van der Waals surface area contributed by atoms with Gasteiger partial charge in [-0.1, -0.05) is 35.9 Å². The minimum Gasteiger partial charge on any atom is -0.368 e. The van der Waals surface area contributed by atoms with E-state index >= 15 is 0 Å². The Morgan fingerprint density at radius 2 is 1.67 bits per heavy atom. The van der Waals surface area contributed by atoms with Crippen LogP contribution in [0.1, 0.15) is 20.8 Å². The van der Waals surface area contributed by atoms with Crippen LogP contribution in [0.25, 0.3) is 10.4 Å². The third kappa shape index (κ3) is 3.32. The largest absolute Gasteiger partial charge is 0.368 e. The van der Waals surface area contributed by atoms with Crippen LogP contribution < -0.4 is 4.90 Å². The van der Waals surface area contributed by atoms with E-state index in [1.165, 1.54) is 22.6 Å². The van der Waals surface area contributed by atoms with Crippen molar-refractivity contribution >= 4 is 32.8 Å². The van der Waals surface area contributed by atoms with Crippen molar-refractivity contribution in [2.45, 2.75) is 17.6 Å². The lowest BCUT2D eigenvalue weighted by Crippen LogP contribution is -2.48. The van der Waals surface area contributed by atoms with E-state index in [9.17, 15) is 13.2 Å². The Kier molecular flexibility index (Phi) is 4.67. The molecule has 7 heteroatoms. The van der Waals surface area contributed by atoms with Crippen molar-refractivity contribution < 1.29 is 13.2 Å². The van der Waals surface area contributed by atoms with Crippen LogP contribution in [0.15, 0.2) is 59.5 Å². The van der Waals surface area contributed by atoms with Gasteiger partial charge in [0.05, 0.1) is 15.5 Å². The van der Waals surface area contributed by atoms with Crippen LogP contribution >= 0.6 is 11.3 Å². The van der Waals surface area contributed by atoms with E-state index in [2.05, 4.69) is 36.1 Å². The van der Waals surface area contributed by atoms with Gasteiger partial charge >= 0.3 is 0 Å². The van der Waals surface area contributed by atoms with E-state index in [4.69, 9.17) is 0 Å². The first-order valence-corrected chi connectivity index (χ1v) is 12.4. The van der Waals surface area contributed by atoms with Crippen molar-refractivity contribution in [3.8, 4) is 10.4 Å². The van der Waals surface area contributed by atoms with E-state index in [1.807, 2.05) is 17.0 Å². The molecule has 5 rings (SSSR count). The summed E-state index contributed by atoms with van der Waals surface area (Å²) in [5.41, 5.74) is 3.87. The number of benzene rings is 2. The zero-order chi connectivity index (χ0) is 20.9. The summed E-state index contributed by atoms with van der Waals surface area (Å²) in [4.78, 5) is 19.2. The number of thiophene rings is 1. The number of hydrogen-bond donors (Lipinski definition) is 0. The van der Waals surface area contributed by atoms with Gasteiger partial charge in [-0.25, -0.2) is 8.42 Å². The Hall–Kier alpha value is -2.64. The number of piperazine rings is 1. The molecule has 0 bridgehead atoms. The average Bonchev–Trinajstić information content (AvgIpc) is 3.17. The van der Waals surface area contributed by atoms with Crippen LogP contribution in [0.2, 0.25) is 0 Å². The molecule has 1 amide bonds. The van der Waals surface area contributed by atoms with E-state index in [0.29, 0.717) is 28.4 Å². The minimum absolute atomic E-state index is 0.00663. The highest BCUT2D eigenvalue weighted by Crippen LogP contribution is 2.43. The van der Waals surface area contributed by atoms with E-state index < -0.39 is 9.84 Å². The molecule has 5 nitrogen and oxygen atoms in total. The molecule has 3 aromatic rings. The predicted molar refractivity (Wildman–Crippen MR) is 120 cm³/mol. The normalized spacial score (nSPS) is 17.4. The van der Waals surface area contributed by atoms with Gasteiger partial charge in [-0.2, -0.15) is 0 Å². The molecule has 1 fully saturated rings. The third-order valence-corrected chi connectivity index (χ3v) is 8.71. The number of hydrogen-bond acceptors (Lipinski definition) is 5. The number of amides is 1. The number of carbonyl (C=O) groups excluding carboxylic acids is 1. The highest BCUT2D eigenvalue weighted by molar-refractivity contribution is 7.91. The first kappa shape index (κ1) is 19.3. The Labute approximate surface area is 180 Å². The van der Waals surface area contributed by atoms with Gasteiger partial charge in [0.2, 0.25) is 0 Å². The second-order valence-corrected chi connectivity index (χ2v) is 10.8. The van der Waals surface area contributed by atoms with Gasteiger partial charge in [0.1, 0.15) is 0 Å². The van der Waals surface area contributed by atoms with Gasteiger partial charge in [-0.05, 0) is 36.8 Å². The van der Waals surface area contributed by atoms with Crippen LogP contribution in [0.3, 0.4) is 0 Å². The Morgan fingerprint density at radius 3 is 2.40 bits per heavy atom. The Balaban J connectivity index is 1.35. The Morgan fingerprint density at radius 1 is 0.967 bits per heavy atom. The predicted octanol–water partition coefficient (Wildman–Crippen LogP) is 3.97. The van der Waals surface area contributed by atoms with E-state index in [0.717, 1.165) is 23.5 Å². The smallest absolute Gasteiger partial charge is 0.264 e. The number of aryl methyl sites for hydroxylation is 1. The topological polar surface area (TPSA) is 57.7 Å². The van der Waals surface area contributed by atoms with Crippen molar-refractivity contribution in [1.29, 1.82) is 0 Å². The van der Waals surface area contributed by atoms with Gasteiger partial charge in [0, 0.05) is 42.3 Å². The summed E-state index contributed by atoms with van der Waals surface area (Å²) in [7, 11) is -3.36. The maximum absolute atomic E-state index is 13.1. The lowest BCUT2D eigenvalue weighted by Gasteiger charge is -2.36. The first-order chi connectivity index (χ1) is 14.4. The molecule has 0 aliphatic carbocycles. The fourth-order valence-electron chi connectivity index (χ4n) is 4.16. The summed E-state index contributed by atoms with van der Waals surface area (Å²) in [5, 5.41) is 0.